The molecule has 0 saturated heterocycles. The summed E-state index contributed by atoms with van der Waals surface area (Å²) in [5.74, 6) is 0.356. The van der Waals surface area contributed by atoms with E-state index in [9.17, 15) is 12.8 Å². The molecule has 2 rings (SSSR count). The fraction of sp³-hybridized carbons (Fsp3) is 0.571. The van der Waals surface area contributed by atoms with Crippen molar-refractivity contribution in [1.82, 2.24) is 4.72 Å². The Hall–Kier alpha value is -1.14. The Kier molecular flexibility index (Phi) is 4.34. The zero-order valence-corrected chi connectivity index (χ0v) is 12.6. The summed E-state index contributed by atoms with van der Waals surface area (Å²) in [5, 5.41) is 0. The van der Waals surface area contributed by atoms with Gasteiger partial charge in [-0.25, -0.2) is 17.5 Å². The number of rotatable bonds is 4. The van der Waals surface area contributed by atoms with Gasteiger partial charge in [-0.15, -0.1) is 0 Å². The molecule has 0 aliphatic heterocycles. The molecule has 0 bridgehead atoms. The van der Waals surface area contributed by atoms with Gasteiger partial charge in [0.05, 0.1) is 10.6 Å². The third-order valence-electron chi connectivity index (χ3n) is 4.14. The van der Waals surface area contributed by atoms with E-state index in [-0.39, 0.29) is 16.1 Å². The van der Waals surface area contributed by atoms with Gasteiger partial charge >= 0.3 is 0 Å². The van der Waals surface area contributed by atoms with E-state index < -0.39 is 15.8 Å². The normalized spacial score (nSPS) is 23.1. The average molecular weight is 300 g/mol. The topological polar surface area (TPSA) is 72.2 Å². The van der Waals surface area contributed by atoms with Crippen molar-refractivity contribution < 1.29 is 12.8 Å². The zero-order chi connectivity index (χ0) is 14.9. The summed E-state index contributed by atoms with van der Waals surface area (Å²) in [6.45, 7) is 4.08. The van der Waals surface area contributed by atoms with Crippen LogP contribution in [0.2, 0.25) is 0 Å². The second-order valence-corrected chi connectivity index (χ2v) is 7.43. The predicted molar refractivity (Wildman–Crippen MR) is 77.2 cm³/mol. The number of benzene rings is 1. The summed E-state index contributed by atoms with van der Waals surface area (Å²) < 4.78 is 40.5. The maximum atomic E-state index is 13.4. The highest BCUT2D eigenvalue weighted by molar-refractivity contribution is 7.89. The Morgan fingerprint density at radius 1 is 1.40 bits per heavy atom. The van der Waals surface area contributed by atoms with Crippen molar-refractivity contribution in [3.05, 3.63) is 23.5 Å². The summed E-state index contributed by atoms with van der Waals surface area (Å²) in [6.07, 6.45) is 3.35. The van der Waals surface area contributed by atoms with Crippen LogP contribution >= 0.6 is 0 Å². The standard InChI is InChI=1S/C14H21FN2O2S/c1-9-4-3-5-11(9)8-17-20(18,19)12-6-10(2)14(15)13(16)7-12/h6-7,9,11,17H,3-5,8,16H2,1-2H3. The quantitative estimate of drug-likeness (QED) is 0.839. The maximum Gasteiger partial charge on any atom is 0.240 e. The van der Waals surface area contributed by atoms with Gasteiger partial charge in [0, 0.05) is 6.54 Å². The van der Waals surface area contributed by atoms with Crippen LogP contribution in [0.3, 0.4) is 0 Å². The first-order valence-corrected chi connectivity index (χ1v) is 8.35. The second kappa shape index (κ2) is 5.69. The highest BCUT2D eigenvalue weighted by Crippen LogP contribution is 2.31. The summed E-state index contributed by atoms with van der Waals surface area (Å²) in [6, 6.07) is 2.48. The minimum atomic E-state index is -3.63. The summed E-state index contributed by atoms with van der Waals surface area (Å²) in [5.41, 5.74) is 5.59. The van der Waals surface area contributed by atoms with Crippen molar-refractivity contribution in [1.29, 1.82) is 0 Å². The number of hydrogen-bond acceptors (Lipinski definition) is 3. The molecule has 1 aliphatic carbocycles. The lowest BCUT2D eigenvalue weighted by atomic mass is 9.99. The lowest BCUT2D eigenvalue weighted by Crippen LogP contribution is -2.30. The van der Waals surface area contributed by atoms with E-state index in [4.69, 9.17) is 5.73 Å². The van der Waals surface area contributed by atoms with Crippen LogP contribution in [0.4, 0.5) is 10.1 Å². The molecule has 3 N–H and O–H groups in total. The highest BCUT2D eigenvalue weighted by atomic mass is 32.2. The van der Waals surface area contributed by atoms with Gasteiger partial charge in [-0.2, -0.15) is 0 Å². The Bertz CT molecular complexity index is 578. The first-order valence-electron chi connectivity index (χ1n) is 6.86. The van der Waals surface area contributed by atoms with Crippen LogP contribution in [-0.2, 0) is 10.0 Å². The molecule has 2 unspecified atom stereocenters. The molecule has 1 aliphatic rings. The number of hydrogen-bond donors (Lipinski definition) is 2. The van der Waals surface area contributed by atoms with E-state index in [1.54, 1.807) is 0 Å². The Morgan fingerprint density at radius 3 is 2.65 bits per heavy atom. The van der Waals surface area contributed by atoms with Gasteiger partial charge in [0.15, 0.2) is 0 Å². The fourth-order valence-corrected chi connectivity index (χ4v) is 3.96. The molecule has 1 fully saturated rings. The SMILES string of the molecule is Cc1cc(S(=O)(=O)NCC2CCCC2C)cc(N)c1F. The lowest BCUT2D eigenvalue weighted by molar-refractivity contribution is 0.414. The van der Waals surface area contributed by atoms with Crippen LogP contribution in [0, 0.1) is 24.6 Å². The number of halogens is 1. The zero-order valence-electron chi connectivity index (χ0n) is 11.8. The minimum absolute atomic E-state index is 0.0274. The molecule has 0 amide bonds. The van der Waals surface area contributed by atoms with Crippen molar-refractivity contribution in [2.45, 2.75) is 38.0 Å². The van der Waals surface area contributed by atoms with Gasteiger partial charge in [0.25, 0.3) is 0 Å². The number of nitrogens with two attached hydrogens (primary N) is 1. The number of sulfonamides is 1. The van der Waals surface area contributed by atoms with Crippen LogP contribution in [0.5, 0.6) is 0 Å². The molecule has 2 atom stereocenters. The molecular formula is C14H21FN2O2S. The molecule has 0 spiro atoms. The van der Waals surface area contributed by atoms with E-state index in [1.165, 1.54) is 19.1 Å². The van der Waals surface area contributed by atoms with Crippen LogP contribution < -0.4 is 10.5 Å². The molecule has 1 aromatic rings. The van der Waals surface area contributed by atoms with Gasteiger partial charge in [0.1, 0.15) is 5.82 Å². The fourth-order valence-electron chi connectivity index (χ4n) is 2.74. The number of nitrogens with one attached hydrogen (secondary N) is 1. The lowest BCUT2D eigenvalue weighted by Gasteiger charge is -2.16. The Labute approximate surface area is 119 Å². The Morgan fingerprint density at radius 2 is 2.10 bits per heavy atom. The van der Waals surface area contributed by atoms with Gasteiger partial charge in [-0.1, -0.05) is 19.8 Å². The molecular weight excluding hydrogens is 279 g/mol. The monoisotopic (exact) mass is 300 g/mol. The van der Waals surface area contributed by atoms with Crippen molar-refractivity contribution in [2.75, 3.05) is 12.3 Å². The van der Waals surface area contributed by atoms with Crippen molar-refractivity contribution in [2.24, 2.45) is 11.8 Å². The molecule has 20 heavy (non-hydrogen) atoms. The van der Waals surface area contributed by atoms with E-state index >= 15 is 0 Å². The van der Waals surface area contributed by atoms with Crippen LogP contribution in [0.25, 0.3) is 0 Å². The van der Waals surface area contributed by atoms with Crippen molar-refractivity contribution in [3.8, 4) is 0 Å². The molecule has 0 heterocycles. The van der Waals surface area contributed by atoms with Gasteiger partial charge in [-0.05, 0) is 42.9 Å². The number of aryl methyl sites for hydroxylation is 1. The van der Waals surface area contributed by atoms with Gasteiger partial charge in [-0.3, -0.25) is 0 Å². The van der Waals surface area contributed by atoms with E-state index in [0.717, 1.165) is 19.3 Å². The van der Waals surface area contributed by atoms with E-state index in [0.29, 0.717) is 18.4 Å². The highest BCUT2D eigenvalue weighted by Gasteiger charge is 2.25. The minimum Gasteiger partial charge on any atom is -0.396 e. The number of nitrogen functional groups attached to an aromatic ring is 1. The van der Waals surface area contributed by atoms with Gasteiger partial charge < -0.3 is 5.73 Å². The molecule has 0 aromatic heterocycles. The second-order valence-electron chi connectivity index (χ2n) is 5.66. The average Bonchev–Trinajstić information content (AvgIpc) is 2.78. The van der Waals surface area contributed by atoms with E-state index in [1.807, 2.05) is 0 Å². The number of anilines is 1. The maximum absolute atomic E-state index is 13.4. The summed E-state index contributed by atoms with van der Waals surface area (Å²) >= 11 is 0. The third kappa shape index (κ3) is 3.12. The first kappa shape index (κ1) is 15.3. The molecule has 1 saturated carbocycles. The first-order chi connectivity index (χ1) is 9.31. The molecule has 112 valence electrons. The molecule has 6 heteroatoms. The smallest absolute Gasteiger partial charge is 0.240 e. The van der Waals surface area contributed by atoms with Crippen molar-refractivity contribution >= 4 is 15.7 Å². The summed E-state index contributed by atoms with van der Waals surface area (Å²) in [4.78, 5) is 0.0274. The van der Waals surface area contributed by atoms with Gasteiger partial charge in [0.2, 0.25) is 10.0 Å². The van der Waals surface area contributed by atoms with E-state index in [2.05, 4.69) is 11.6 Å². The van der Waals surface area contributed by atoms with Crippen LogP contribution in [0.15, 0.2) is 17.0 Å². The molecule has 0 radical (unpaired) electrons. The molecule has 1 aromatic carbocycles. The van der Waals surface area contributed by atoms with Crippen molar-refractivity contribution in [3.63, 3.8) is 0 Å². The summed E-state index contributed by atoms with van der Waals surface area (Å²) in [7, 11) is -3.63. The predicted octanol–water partition coefficient (Wildman–Crippen LogP) is 2.43. The molecule has 4 nitrogen and oxygen atoms in total. The van der Waals surface area contributed by atoms with Crippen LogP contribution in [-0.4, -0.2) is 15.0 Å². The largest absolute Gasteiger partial charge is 0.396 e. The Balaban J connectivity index is 2.14. The van der Waals surface area contributed by atoms with Crippen LogP contribution in [0.1, 0.15) is 31.7 Å². The third-order valence-corrected chi connectivity index (χ3v) is 5.54.